The summed E-state index contributed by atoms with van der Waals surface area (Å²) in [7, 11) is 0. The molecule has 62 valence electrons. The fraction of sp³-hybridized carbons (Fsp3) is 0.333. The summed E-state index contributed by atoms with van der Waals surface area (Å²) in [6.45, 7) is 3.44. The predicted molar refractivity (Wildman–Crippen MR) is 39.7 cm³/mol. The number of amides is 1. The first-order chi connectivity index (χ1) is 5.22. The fourth-order valence-electron chi connectivity index (χ4n) is 0.469. The maximum Gasteiger partial charge on any atom is 0.410 e. The molecule has 0 atom stereocenters. The Labute approximate surface area is 64.4 Å². The van der Waals surface area contributed by atoms with E-state index in [-0.39, 0.29) is 13.3 Å². The van der Waals surface area contributed by atoms with E-state index in [4.69, 9.17) is 10.5 Å². The van der Waals surface area contributed by atoms with Gasteiger partial charge in [-0.3, -0.25) is 10.3 Å². The van der Waals surface area contributed by atoms with Gasteiger partial charge < -0.3 is 9.84 Å². The van der Waals surface area contributed by atoms with E-state index >= 15 is 0 Å². The Morgan fingerprint density at radius 3 is 2.82 bits per heavy atom. The lowest BCUT2D eigenvalue weighted by Crippen LogP contribution is -2.31. The number of nitrogens with zero attached hydrogens (tertiary/aromatic N) is 1. The summed E-state index contributed by atoms with van der Waals surface area (Å²) in [6.07, 6.45) is 1.05. The van der Waals surface area contributed by atoms with E-state index in [1.165, 1.54) is 6.08 Å². The van der Waals surface area contributed by atoms with Crippen LogP contribution in [-0.2, 0) is 4.74 Å². The van der Waals surface area contributed by atoms with E-state index < -0.39 is 6.09 Å². The molecule has 2 N–H and O–H groups in total. The van der Waals surface area contributed by atoms with Crippen LogP contribution in [0.2, 0.25) is 0 Å². The van der Waals surface area contributed by atoms with Crippen LogP contribution in [-0.4, -0.2) is 35.8 Å². The van der Waals surface area contributed by atoms with Gasteiger partial charge in [0.15, 0.2) is 13.1 Å². The zero-order chi connectivity index (χ0) is 8.69. The van der Waals surface area contributed by atoms with Gasteiger partial charge >= 0.3 is 6.09 Å². The first-order valence-corrected chi connectivity index (χ1v) is 2.91. The van der Waals surface area contributed by atoms with Gasteiger partial charge in [0.1, 0.15) is 0 Å². The van der Waals surface area contributed by atoms with Crippen molar-refractivity contribution in [3.63, 3.8) is 0 Å². The lowest BCUT2D eigenvalue weighted by molar-refractivity contribution is 0.104. The van der Waals surface area contributed by atoms with Gasteiger partial charge in [-0.1, -0.05) is 6.08 Å². The van der Waals surface area contributed by atoms with Crippen LogP contribution >= 0.6 is 0 Å². The van der Waals surface area contributed by atoms with E-state index in [0.29, 0.717) is 6.40 Å². The molecule has 0 aliphatic carbocycles. The highest BCUT2D eigenvalue weighted by molar-refractivity contribution is 5.65. The molecule has 0 rings (SSSR count). The normalized spacial score (nSPS) is 8.36. The molecule has 11 heavy (non-hydrogen) atoms. The monoisotopic (exact) mass is 158 g/mol. The van der Waals surface area contributed by atoms with Crippen molar-refractivity contribution in [3.05, 3.63) is 12.7 Å². The second-order valence-electron chi connectivity index (χ2n) is 1.71. The maximum atomic E-state index is 10.3. The number of hydrogen-bond donors (Lipinski definition) is 2. The summed E-state index contributed by atoms with van der Waals surface area (Å²) >= 11 is 0. The van der Waals surface area contributed by atoms with Gasteiger partial charge in [0.25, 0.3) is 0 Å². The molecule has 0 aliphatic heterocycles. The molecule has 0 heterocycles. The number of nitrogens with one attached hydrogen (secondary N) is 1. The van der Waals surface area contributed by atoms with Crippen LogP contribution in [0, 0.1) is 5.41 Å². The van der Waals surface area contributed by atoms with Crippen molar-refractivity contribution in [2.45, 2.75) is 0 Å². The van der Waals surface area contributed by atoms with Crippen LogP contribution in [0.15, 0.2) is 12.7 Å². The van der Waals surface area contributed by atoms with Gasteiger partial charge in [-0.15, -0.1) is 6.58 Å². The molecule has 0 spiro atoms. The average molecular weight is 158 g/mol. The van der Waals surface area contributed by atoms with Crippen molar-refractivity contribution in [1.29, 1.82) is 5.41 Å². The zero-order valence-corrected chi connectivity index (χ0v) is 5.99. The smallest absolute Gasteiger partial charge is 0.410 e. The fourth-order valence-corrected chi connectivity index (χ4v) is 0.469. The number of hydrogen-bond acceptors (Lipinski definition) is 3. The van der Waals surface area contributed by atoms with Crippen molar-refractivity contribution in [2.75, 3.05) is 13.3 Å². The third-order valence-electron chi connectivity index (χ3n) is 0.934. The van der Waals surface area contributed by atoms with Crippen LogP contribution in [0.1, 0.15) is 0 Å². The summed E-state index contributed by atoms with van der Waals surface area (Å²) in [5.41, 5.74) is 0. The number of ether oxygens (including phenoxy) is 1. The highest BCUT2D eigenvalue weighted by Crippen LogP contribution is 1.88. The molecule has 0 aliphatic rings. The minimum Gasteiger partial charge on any atom is -0.465 e. The Hall–Kier alpha value is -1.52. The second kappa shape index (κ2) is 5.28. The van der Waals surface area contributed by atoms with E-state index in [2.05, 4.69) is 11.3 Å². The zero-order valence-electron chi connectivity index (χ0n) is 5.99. The largest absolute Gasteiger partial charge is 0.465 e. The molecule has 0 unspecified atom stereocenters. The molecule has 0 aromatic heterocycles. The topological polar surface area (TPSA) is 73.6 Å². The van der Waals surface area contributed by atoms with E-state index in [0.717, 1.165) is 4.90 Å². The molecule has 1 amide bonds. The molecule has 0 saturated carbocycles. The highest BCUT2D eigenvalue weighted by atomic mass is 16.5. The molecule has 5 heteroatoms. The highest BCUT2D eigenvalue weighted by Gasteiger charge is 2.07. The predicted octanol–water partition coefficient (Wildman–Crippen LogP) is 0.734. The third-order valence-corrected chi connectivity index (χ3v) is 0.934. The minimum atomic E-state index is -1.09. The van der Waals surface area contributed by atoms with Gasteiger partial charge in [-0.25, -0.2) is 4.79 Å². The Kier molecular flexibility index (Phi) is 4.55. The third kappa shape index (κ3) is 3.96. The first-order valence-electron chi connectivity index (χ1n) is 2.91. The Morgan fingerprint density at radius 2 is 2.45 bits per heavy atom. The van der Waals surface area contributed by atoms with Gasteiger partial charge in [0, 0.05) is 6.54 Å². The Morgan fingerprint density at radius 1 is 1.82 bits per heavy atom. The van der Waals surface area contributed by atoms with Crippen molar-refractivity contribution in [1.82, 2.24) is 4.90 Å². The molecule has 0 radical (unpaired) electrons. The van der Waals surface area contributed by atoms with Gasteiger partial charge in [0.05, 0.1) is 0 Å². The Bertz CT molecular complexity index is 158. The van der Waals surface area contributed by atoms with Crippen molar-refractivity contribution >= 4 is 12.5 Å². The van der Waals surface area contributed by atoms with E-state index in [1.807, 2.05) is 0 Å². The summed E-state index contributed by atoms with van der Waals surface area (Å²) < 4.78 is 4.45. The summed E-state index contributed by atoms with van der Waals surface area (Å²) in [5, 5.41) is 14.9. The van der Waals surface area contributed by atoms with Crippen molar-refractivity contribution in [3.8, 4) is 0 Å². The van der Waals surface area contributed by atoms with E-state index in [9.17, 15) is 4.79 Å². The maximum absolute atomic E-state index is 10.3. The number of rotatable bonds is 5. The molecule has 0 saturated heterocycles. The van der Waals surface area contributed by atoms with Gasteiger partial charge in [-0.2, -0.15) is 0 Å². The second-order valence-corrected chi connectivity index (χ2v) is 1.71. The minimum absolute atomic E-state index is 0.134. The molecule has 5 nitrogen and oxygen atoms in total. The summed E-state index contributed by atoms with van der Waals surface area (Å²) in [5.74, 6) is 0. The quantitative estimate of drug-likeness (QED) is 0.268. The molecular formula is C6H10N2O3. The van der Waals surface area contributed by atoms with Crippen LogP contribution in [0.25, 0.3) is 0 Å². The molecule has 0 aromatic rings. The van der Waals surface area contributed by atoms with Crippen LogP contribution in [0.4, 0.5) is 4.79 Å². The lowest BCUT2D eigenvalue weighted by Gasteiger charge is -2.14. The van der Waals surface area contributed by atoms with Crippen LogP contribution < -0.4 is 0 Å². The van der Waals surface area contributed by atoms with Crippen LogP contribution in [0.5, 0.6) is 0 Å². The lowest BCUT2D eigenvalue weighted by atomic mass is 10.6. The van der Waals surface area contributed by atoms with Crippen LogP contribution in [0.3, 0.4) is 0 Å². The van der Waals surface area contributed by atoms with E-state index in [1.54, 1.807) is 0 Å². The molecular weight excluding hydrogens is 148 g/mol. The van der Waals surface area contributed by atoms with Crippen molar-refractivity contribution < 1.29 is 14.6 Å². The number of carboxylic acid groups (broad SMARTS) is 1. The average Bonchev–Trinajstić information content (AvgIpc) is 1.97. The van der Waals surface area contributed by atoms with Crippen molar-refractivity contribution in [2.24, 2.45) is 0 Å². The first kappa shape index (κ1) is 9.48. The van der Waals surface area contributed by atoms with Gasteiger partial charge in [-0.05, 0) is 0 Å². The summed E-state index contributed by atoms with van der Waals surface area (Å²) in [4.78, 5) is 11.3. The Balaban J connectivity index is 3.77. The summed E-state index contributed by atoms with van der Waals surface area (Å²) in [6, 6.07) is 0. The molecule has 0 fully saturated rings. The molecule has 0 aromatic carbocycles. The standard InChI is InChI=1S/C6H10N2O3/c1-2-3-8(6(9)10)5-11-4-7/h2,4,7H,1,3,5H2,(H,9,10). The van der Waals surface area contributed by atoms with Gasteiger partial charge in [0.2, 0.25) is 0 Å². The number of carbonyl (C=O) groups is 1. The SMILES string of the molecule is C=CCN(COC=N)C(=O)O. The molecule has 0 bridgehead atoms.